The molecule has 1 heterocycles. The fourth-order valence-electron chi connectivity index (χ4n) is 1.83. The molecule has 0 amide bonds. The highest BCUT2D eigenvalue weighted by atomic mass is 32.2. The summed E-state index contributed by atoms with van der Waals surface area (Å²) in [5.74, 6) is 0.416. The standard InChI is InChI=1S/C16H18N2O5S/c1-9(2)22-12-6-5-11(7-13(12)21-4)8-14(15(19)20)24-16-18-17-10(3)23-16/h5-9H,1-4H3,(H,19,20)/b14-8-. The second kappa shape index (κ2) is 7.87. The first-order valence-electron chi connectivity index (χ1n) is 7.16. The lowest BCUT2D eigenvalue weighted by atomic mass is 10.2. The Hall–Kier alpha value is -2.48. The van der Waals surface area contributed by atoms with Crippen molar-refractivity contribution in [1.29, 1.82) is 0 Å². The Morgan fingerprint density at radius 1 is 1.33 bits per heavy atom. The number of aliphatic carboxylic acids is 1. The molecule has 1 aromatic carbocycles. The topological polar surface area (TPSA) is 94.7 Å². The van der Waals surface area contributed by atoms with Crippen molar-refractivity contribution in [3.8, 4) is 11.5 Å². The molecular formula is C16H18N2O5S. The van der Waals surface area contributed by atoms with Crippen LogP contribution >= 0.6 is 11.8 Å². The van der Waals surface area contributed by atoms with Crippen molar-refractivity contribution in [1.82, 2.24) is 10.2 Å². The first-order valence-corrected chi connectivity index (χ1v) is 7.98. The Bertz CT molecular complexity index is 755. The molecule has 2 rings (SSSR count). The van der Waals surface area contributed by atoms with Crippen LogP contribution in [0.1, 0.15) is 25.3 Å². The highest BCUT2D eigenvalue weighted by Gasteiger charge is 2.15. The number of hydrogen-bond acceptors (Lipinski definition) is 7. The lowest BCUT2D eigenvalue weighted by Gasteiger charge is -2.13. The van der Waals surface area contributed by atoms with Gasteiger partial charge in [-0.15, -0.1) is 10.2 Å². The van der Waals surface area contributed by atoms with Gasteiger partial charge >= 0.3 is 5.97 Å². The van der Waals surface area contributed by atoms with E-state index in [4.69, 9.17) is 13.9 Å². The second-order valence-electron chi connectivity index (χ2n) is 5.08. The minimum Gasteiger partial charge on any atom is -0.493 e. The van der Waals surface area contributed by atoms with Gasteiger partial charge in [-0.05, 0) is 49.4 Å². The molecule has 0 aliphatic rings. The van der Waals surface area contributed by atoms with Crippen molar-refractivity contribution in [2.75, 3.05) is 7.11 Å². The van der Waals surface area contributed by atoms with Crippen molar-refractivity contribution < 1.29 is 23.8 Å². The number of aromatic nitrogens is 2. The fourth-order valence-corrected chi connectivity index (χ4v) is 2.54. The van der Waals surface area contributed by atoms with Crippen LogP contribution in [-0.4, -0.2) is 34.5 Å². The minimum atomic E-state index is -1.09. The van der Waals surface area contributed by atoms with Crippen LogP contribution in [0.2, 0.25) is 0 Å². The number of hydrogen-bond donors (Lipinski definition) is 1. The van der Waals surface area contributed by atoms with Crippen molar-refractivity contribution in [3.63, 3.8) is 0 Å². The first-order chi connectivity index (χ1) is 11.4. The highest BCUT2D eigenvalue weighted by Crippen LogP contribution is 2.32. The van der Waals surface area contributed by atoms with Crippen LogP contribution < -0.4 is 9.47 Å². The van der Waals surface area contributed by atoms with Crippen LogP contribution in [0, 0.1) is 6.92 Å². The number of thioether (sulfide) groups is 1. The van der Waals surface area contributed by atoms with Gasteiger partial charge < -0.3 is 19.0 Å². The SMILES string of the molecule is COc1cc(/C=C(\Sc2nnc(C)o2)C(=O)O)ccc1OC(C)C. The number of rotatable bonds is 7. The summed E-state index contributed by atoms with van der Waals surface area (Å²) >= 11 is 0.890. The summed E-state index contributed by atoms with van der Waals surface area (Å²) in [7, 11) is 1.53. The average molecular weight is 350 g/mol. The van der Waals surface area contributed by atoms with Crippen LogP contribution in [0.5, 0.6) is 11.5 Å². The Balaban J connectivity index is 2.29. The Kier molecular flexibility index (Phi) is 5.86. The predicted octanol–water partition coefficient (Wildman–Crippen LogP) is 3.39. The number of nitrogens with zero attached hydrogens (tertiary/aromatic N) is 2. The Morgan fingerprint density at radius 2 is 2.08 bits per heavy atom. The molecule has 0 radical (unpaired) electrons. The third kappa shape index (κ3) is 4.76. The highest BCUT2D eigenvalue weighted by molar-refractivity contribution is 8.03. The first kappa shape index (κ1) is 17.9. The van der Waals surface area contributed by atoms with E-state index in [9.17, 15) is 9.90 Å². The van der Waals surface area contributed by atoms with Gasteiger partial charge in [0.15, 0.2) is 11.5 Å². The van der Waals surface area contributed by atoms with Gasteiger partial charge in [-0.1, -0.05) is 6.07 Å². The minimum absolute atomic E-state index is 0.00574. The number of ether oxygens (including phenoxy) is 2. The third-order valence-electron chi connectivity index (χ3n) is 2.76. The molecule has 1 aromatic heterocycles. The fraction of sp³-hybridized carbons (Fsp3) is 0.312. The lowest BCUT2D eigenvalue weighted by Crippen LogP contribution is -2.06. The zero-order chi connectivity index (χ0) is 17.7. The Morgan fingerprint density at radius 3 is 2.62 bits per heavy atom. The third-order valence-corrected chi connectivity index (χ3v) is 3.62. The van der Waals surface area contributed by atoms with Crippen molar-refractivity contribution in [2.45, 2.75) is 32.1 Å². The molecule has 0 unspecified atom stereocenters. The van der Waals surface area contributed by atoms with E-state index in [-0.39, 0.29) is 16.2 Å². The van der Waals surface area contributed by atoms with E-state index in [0.29, 0.717) is 23.0 Å². The van der Waals surface area contributed by atoms with Crippen LogP contribution in [0.4, 0.5) is 0 Å². The summed E-state index contributed by atoms with van der Waals surface area (Å²) in [6, 6.07) is 5.20. The largest absolute Gasteiger partial charge is 0.493 e. The molecule has 7 nitrogen and oxygen atoms in total. The van der Waals surface area contributed by atoms with E-state index in [2.05, 4.69) is 10.2 Å². The molecule has 2 aromatic rings. The van der Waals surface area contributed by atoms with Crippen molar-refractivity contribution in [3.05, 3.63) is 34.6 Å². The molecule has 128 valence electrons. The second-order valence-corrected chi connectivity index (χ2v) is 6.07. The zero-order valence-electron chi connectivity index (χ0n) is 13.8. The van der Waals surface area contributed by atoms with E-state index in [1.165, 1.54) is 13.2 Å². The van der Waals surface area contributed by atoms with E-state index in [1.54, 1.807) is 25.1 Å². The molecule has 24 heavy (non-hydrogen) atoms. The van der Waals surface area contributed by atoms with Crippen molar-refractivity contribution >= 4 is 23.8 Å². The Labute approximate surface area is 143 Å². The smallest absolute Gasteiger partial charge is 0.342 e. The van der Waals surface area contributed by atoms with Crippen LogP contribution in [0.15, 0.2) is 32.7 Å². The van der Waals surface area contributed by atoms with Gasteiger partial charge in [0, 0.05) is 6.92 Å². The molecule has 0 bridgehead atoms. The van der Waals surface area contributed by atoms with Gasteiger partial charge in [-0.25, -0.2) is 4.79 Å². The molecule has 0 atom stereocenters. The molecule has 0 aliphatic heterocycles. The molecule has 0 aliphatic carbocycles. The normalized spacial score (nSPS) is 11.6. The number of carboxylic acids is 1. The number of carboxylic acid groups (broad SMARTS) is 1. The number of benzene rings is 1. The molecule has 0 spiro atoms. The summed E-state index contributed by atoms with van der Waals surface area (Å²) in [5, 5.41) is 17.0. The molecule has 1 N–H and O–H groups in total. The van der Waals surface area contributed by atoms with Gasteiger partial charge in [0.25, 0.3) is 5.22 Å². The van der Waals surface area contributed by atoms with Crippen LogP contribution in [0.3, 0.4) is 0 Å². The van der Waals surface area contributed by atoms with E-state index in [0.717, 1.165) is 11.8 Å². The maximum atomic E-state index is 11.4. The summed E-state index contributed by atoms with van der Waals surface area (Å²) in [5.41, 5.74) is 0.657. The molecule has 8 heteroatoms. The number of aryl methyl sites for hydroxylation is 1. The molecular weight excluding hydrogens is 332 g/mol. The van der Waals surface area contributed by atoms with Gasteiger partial charge in [-0.3, -0.25) is 0 Å². The van der Waals surface area contributed by atoms with Crippen LogP contribution in [-0.2, 0) is 4.79 Å². The maximum absolute atomic E-state index is 11.4. The van der Waals surface area contributed by atoms with Crippen LogP contribution in [0.25, 0.3) is 6.08 Å². The van der Waals surface area contributed by atoms with Gasteiger partial charge in [0.2, 0.25) is 5.89 Å². The number of carbonyl (C=O) groups is 1. The maximum Gasteiger partial charge on any atom is 0.342 e. The summed E-state index contributed by atoms with van der Waals surface area (Å²) in [4.78, 5) is 11.5. The van der Waals surface area contributed by atoms with Gasteiger partial charge in [0.05, 0.1) is 13.2 Å². The van der Waals surface area contributed by atoms with E-state index < -0.39 is 5.97 Å². The molecule has 0 saturated heterocycles. The monoisotopic (exact) mass is 350 g/mol. The zero-order valence-corrected chi connectivity index (χ0v) is 14.6. The molecule has 0 saturated carbocycles. The van der Waals surface area contributed by atoms with E-state index >= 15 is 0 Å². The quantitative estimate of drug-likeness (QED) is 0.600. The summed E-state index contributed by atoms with van der Waals surface area (Å²) in [6.45, 7) is 5.47. The average Bonchev–Trinajstić information content (AvgIpc) is 2.92. The lowest BCUT2D eigenvalue weighted by molar-refractivity contribution is -0.131. The van der Waals surface area contributed by atoms with Gasteiger partial charge in [0.1, 0.15) is 4.91 Å². The number of methoxy groups -OCH3 is 1. The predicted molar refractivity (Wildman–Crippen MR) is 89.3 cm³/mol. The summed E-state index contributed by atoms with van der Waals surface area (Å²) < 4.78 is 16.1. The molecule has 0 fully saturated rings. The van der Waals surface area contributed by atoms with Gasteiger partial charge in [-0.2, -0.15) is 0 Å². The summed E-state index contributed by atoms with van der Waals surface area (Å²) in [6.07, 6.45) is 1.51. The van der Waals surface area contributed by atoms with Crippen molar-refractivity contribution in [2.24, 2.45) is 0 Å². The van der Waals surface area contributed by atoms with E-state index in [1.807, 2.05) is 13.8 Å².